The first-order valence-corrected chi connectivity index (χ1v) is 29.0. The number of nitrogens with zero attached hydrogens (tertiary/aromatic N) is 4. The molecule has 84 heavy (non-hydrogen) atoms. The summed E-state index contributed by atoms with van der Waals surface area (Å²) in [5, 5.41) is 16.4. The molecular formula is C80H62N4. The van der Waals surface area contributed by atoms with Crippen LogP contribution in [0.5, 0.6) is 0 Å². The van der Waals surface area contributed by atoms with E-state index in [-0.39, 0.29) is 0 Å². The Morgan fingerprint density at radius 3 is 0.893 bits per heavy atom. The van der Waals surface area contributed by atoms with Crippen molar-refractivity contribution in [1.82, 2.24) is 14.1 Å². The summed E-state index contributed by atoms with van der Waals surface area (Å²) in [5.41, 5.74) is 31.2. The number of aryl methyl sites for hydroxylation is 8. The smallest absolute Gasteiger partial charge is 0.101 e. The molecule has 3 aromatic heterocycles. The third-order valence-electron chi connectivity index (χ3n) is 16.7. The van der Waals surface area contributed by atoms with Gasteiger partial charge in [0.05, 0.1) is 50.4 Å². The van der Waals surface area contributed by atoms with Crippen LogP contribution in [0.25, 0.3) is 133 Å². The summed E-state index contributed by atoms with van der Waals surface area (Å²) in [6.07, 6.45) is 0. The van der Waals surface area contributed by atoms with Crippen LogP contribution in [-0.4, -0.2) is 14.1 Å². The van der Waals surface area contributed by atoms with Crippen molar-refractivity contribution in [3.63, 3.8) is 0 Å². The fourth-order valence-corrected chi connectivity index (χ4v) is 13.3. The van der Waals surface area contributed by atoms with Gasteiger partial charge in [-0.3, -0.25) is 0 Å². The fraction of sp³-hybridized carbons (Fsp3) is 0.100. The van der Waals surface area contributed by atoms with Crippen LogP contribution in [-0.2, 0) is 0 Å². The van der Waals surface area contributed by atoms with Gasteiger partial charge in [-0.15, -0.1) is 0 Å². The van der Waals surface area contributed by atoms with Gasteiger partial charge in [0, 0.05) is 38.2 Å². The van der Waals surface area contributed by atoms with Crippen LogP contribution in [0.15, 0.2) is 231 Å². The minimum atomic E-state index is 0.554. The van der Waals surface area contributed by atoms with Crippen LogP contribution in [0.2, 0.25) is 0 Å². The SMILES string of the molecule is Cc1cc(C)cc(-c2ccc3c(c2)c2cc(-c4cc(C)cc(C)c4)ccc2n3-c2cc(-c3cc(-c4ccccc4)nc(-c4ccccc4)c3)c(-n3c4ccc(-c5cc(C)cc(C)c5)cc4c4cc(-c5cc(C)cc(C)c5)ccc43)cc2C#N)c1. The van der Waals surface area contributed by atoms with E-state index in [1.165, 1.54) is 66.8 Å². The van der Waals surface area contributed by atoms with E-state index in [0.29, 0.717) is 5.56 Å². The van der Waals surface area contributed by atoms with E-state index in [1.54, 1.807) is 0 Å². The molecule has 0 atom stereocenters. The summed E-state index contributed by atoms with van der Waals surface area (Å²) in [6, 6.07) is 87.4. The number of aromatic nitrogens is 3. The number of hydrogen-bond acceptors (Lipinski definition) is 2. The predicted octanol–water partition coefficient (Wildman–Crippen LogP) is 21.3. The molecule has 14 aromatic rings. The first-order chi connectivity index (χ1) is 40.8. The third-order valence-corrected chi connectivity index (χ3v) is 16.7. The van der Waals surface area contributed by atoms with Crippen molar-refractivity contribution in [2.45, 2.75) is 55.4 Å². The largest absolute Gasteiger partial charge is 0.309 e. The Kier molecular flexibility index (Phi) is 12.7. The number of benzene rings is 11. The van der Waals surface area contributed by atoms with Crippen molar-refractivity contribution in [3.8, 4) is 95.6 Å². The Hall–Kier alpha value is -10.3. The maximum Gasteiger partial charge on any atom is 0.101 e. The van der Waals surface area contributed by atoms with Gasteiger partial charge >= 0.3 is 0 Å². The molecular weight excluding hydrogens is 1020 g/mol. The molecule has 0 saturated carbocycles. The van der Waals surface area contributed by atoms with Crippen LogP contribution in [0, 0.1) is 66.7 Å². The van der Waals surface area contributed by atoms with Crippen molar-refractivity contribution in [2.24, 2.45) is 0 Å². The monoisotopic (exact) mass is 1080 g/mol. The number of pyridine rings is 1. The second kappa shape index (κ2) is 20.6. The van der Waals surface area contributed by atoms with Gasteiger partial charge in [0.2, 0.25) is 0 Å². The van der Waals surface area contributed by atoms with Crippen molar-refractivity contribution in [3.05, 3.63) is 281 Å². The molecule has 0 aliphatic carbocycles. The number of rotatable bonds is 9. The predicted molar refractivity (Wildman–Crippen MR) is 354 cm³/mol. The molecule has 0 amide bonds. The van der Waals surface area contributed by atoms with Gasteiger partial charge in [0.1, 0.15) is 6.07 Å². The molecule has 0 spiro atoms. The molecule has 0 fully saturated rings. The summed E-state index contributed by atoms with van der Waals surface area (Å²) in [4.78, 5) is 5.40. The van der Waals surface area contributed by atoms with E-state index in [9.17, 15) is 5.26 Å². The average Bonchev–Trinajstić information content (AvgIpc) is 2.08. The van der Waals surface area contributed by atoms with Crippen molar-refractivity contribution >= 4 is 43.6 Å². The van der Waals surface area contributed by atoms with Gasteiger partial charge in [0.25, 0.3) is 0 Å². The lowest BCUT2D eigenvalue weighted by atomic mass is 9.96. The lowest BCUT2D eigenvalue weighted by molar-refractivity contribution is 1.13. The molecule has 4 heteroatoms. The zero-order valence-corrected chi connectivity index (χ0v) is 48.7. The van der Waals surface area contributed by atoms with Gasteiger partial charge < -0.3 is 9.13 Å². The van der Waals surface area contributed by atoms with E-state index in [4.69, 9.17) is 4.98 Å². The number of hydrogen-bond donors (Lipinski definition) is 0. The van der Waals surface area contributed by atoms with E-state index >= 15 is 0 Å². The highest BCUT2D eigenvalue weighted by Crippen LogP contribution is 2.45. The minimum absolute atomic E-state index is 0.554. The summed E-state index contributed by atoms with van der Waals surface area (Å²) >= 11 is 0. The first-order valence-electron chi connectivity index (χ1n) is 29.0. The maximum atomic E-state index is 11.9. The van der Waals surface area contributed by atoms with Crippen LogP contribution in [0.4, 0.5) is 0 Å². The second-order valence-corrected chi connectivity index (χ2v) is 23.5. The van der Waals surface area contributed by atoms with Crippen LogP contribution in [0.1, 0.15) is 50.1 Å². The highest BCUT2D eigenvalue weighted by atomic mass is 15.0. The van der Waals surface area contributed by atoms with Crippen molar-refractivity contribution < 1.29 is 0 Å². The van der Waals surface area contributed by atoms with Crippen molar-refractivity contribution in [1.29, 1.82) is 5.26 Å². The van der Waals surface area contributed by atoms with E-state index < -0.39 is 0 Å². The quantitative estimate of drug-likeness (QED) is 0.145. The molecule has 11 aromatic carbocycles. The summed E-state index contributed by atoms with van der Waals surface area (Å²) < 4.78 is 4.74. The molecule has 0 aliphatic heterocycles. The molecule has 0 N–H and O–H groups in total. The van der Waals surface area contributed by atoms with E-state index in [2.05, 4.69) is 301 Å². The van der Waals surface area contributed by atoms with Gasteiger partial charge in [-0.1, -0.05) is 202 Å². The summed E-state index contributed by atoms with van der Waals surface area (Å²) in [5.74, 6) is 0. The fourth-order valence-electron chi connectivity index (χ4n) is 13.3. The summed E-state index contributed by atoms with van der Waals surface area (Å²) in [6.45, 7) is 17.4. The normalized spacial score (nSPS) is 11.6. The molecule has 0 aliphatic rings. The van der Waals surface area contributed by atoms with Crippen LogP contribution >= 0.6 is 0 Å². The molecule has 0 unspecified atom stereocenters. The Balaban J connectivity index is 1.10. The Bertz CT molecular complexity index is 4690. The average molecular weight is 1080 g/mol. The Labute approximate surface area is 491 Å². The van der Waals surface area contributed by atoms with E-state index in [1.807, 2.05) is 0 Å². The molecule has 402 valence electrons. The molecule has 3 heterocycles. The molecule has 4 nitrogen and oxygen atoms in total. The molecule has 0 saturated heterocycles. The zero-order chi connectivity index (χ0) is 57.5. The van der Waals surface area contributed by atoms with Gasteiger partial charge in [-0.2, -0.15) is 5.26 Å². The molecule has 0 radical (unpaired) electrons. The molecule has 0 bridgehead atoms. The first kappa shape index (κ1) is 51.8. The lowest BCUT2D eigenvalue weighted by Crippen LogP contribution is -2.04. The third kappa shape index (κ3) is 9.35. The van der Waals surface area contributed by atoms with Crippen LogP contribution in [0.3, 0.4) is 0 Å². The standard InChI is InChI=1S/C80H62N4/c1-48-27-49(2)32-62(31-48)58-19-23-75-69(39-58)70-40-59(63-33-50(3)28-51(4)34-63)20-24-76(70)83(75)79-46-68(66-43-73(56-15-11-9-12-16-56)82-74(44-66)57-17-13-10-14-18-57)80(45-67(79)47-81)84-77-25-21-60(64-35-52(5)29-53(6)36-64)41-71(77)72-42-61(22-26-78(72)84)65-37-54(7)30-55(8)38-65/h9-46H,1-8H3. The van der Waals surface area contributed by atoms with Gasteiger partial charge in [-0.05, 0) is 178 Å². The van der Waals surface area contributed by atoms with Gasteiger partial charge in [-0.25, -0.2) is 4.98 Å². The Morgan fingerprint density at radius 1 is 0.274 bits per heavy atom. The topological polar surface area (TPSA) is 46.5 Å². The maximum absolute atomic E-state index is 11.9. The highest BCUT2D eigenvalue weighted by Gasteiger charge is 2.25. The lowest BCUT2D eigenvalue weighted by Gasteiger charge is -2.20. The second-order valence-electron chi connectivity index (χ2n) is 23.5. The zero-order valence-electron chi connectivity index (χ0n) is 48.7. The van der Waals surface area contributed by atoms with Crippen molar-refractivity contribution in [2.75, 3.05) is 0 Å². The summed E-state index contributed by atoms with van der Waals surface area (Å²) in [7, 11) is 0. The highest BCUT2D eigenvalue weighted by molar-refractivity contribution is 6.14. The Morgan fingerprint density at radius 2 is 0.583 bits per heavy atom. The number of fused-ring (bicyclic) bond motifs is 6. The molecule has 14 rings (SSSR count). The minimum Gasteiger partial charge on any atom is -0.309 e. The van der Waals surface area contributed by atoms with E-state index in [0.717, 1.165) is 111 Å². The van der Waals surface area contributed by atoms with Crippen LogP contribution < -0.4 is 0 Å². The van der Waals surface area contributed by atoms with Gasteiger partial charge in [0.15, 0.2) is 0 Å². The number of nitriles is 1.